The largest absolute Gasteiger partial charge is 0.512 e. The zero-order chi connectivity index (χ0) is 13.2. The van der Waals surface area contributed by atoms with Crippen molar-refractivity contribution in [3.05, 3.63) is 58.4 Å². The van der Waals surface area contributed by atoms with Gasteiger partial charge in [-0.25, -0.2) is 0 Å². The SMILES string of the molecule is CC1(Nc2cccc([N+](=O)[O-])c2)C=CC=C(O)C1. The molecule has 1 aliphatic rings. The Balaban J connectivity index is 2.19. The van der Waals surface area contributed by atoms with Gasteiger partial charge in [0, 0.05) is 24.2 Å². The van der Waals surface area contributed by atoms with Crippen LogP contribution in [0.1, 0.15) is 13.3 Å². The lowest BCUT2D eigenvalue weighted by Crippen LogP contribution is -2.34. The van der Waals surface area contributed by atoms with Gasteiger partial charge >= 0.3 is 0 Å². The minimum Gasteiger partial charge on any atom is -0.512 e. The summed E-state index contributed by atoms with van der Waals surface area (Å²) in [6, 6.07) is 6.32. The lowest BCUT2D eigenvalue weighted by atomic mass is 9.92. The fourth-order valence-corrected chi connectivity index (χ4v) is 1.98. The normalized spacial score (nSPS) is 22.4. The lowest BCUT2D eigenvalue weighted by molar-refractivity contribution is -0.384. The van der Waals surface area contributed by atoms with Crippen molar-refractivity contribution in [3.8, 4) is 0 Å². The monoisotopic (exact) mass is 246 g/mol. The number of rotatable bonds is 3. The van der Waals surface area contributed by atoms with Crippen molar-refractivity contribution in [2.75, 3.05) is 5.32 Å². The number of aliphatic hydroxyl groups is 1. The Kier molecular flexibility index (Phi) is 3.06. The maximum Gasteiger partial charge on any atom is 0.271 e. The minimum atomic E-state index is -0.436. The van der Waals surface area contributed by atoms with Crippen molar-refractivity contribution in [1.29, 1.82) is 0 Å². The summed E-state index contributed by atoms with van der Waals surface area (Å²) >= 11 is 0. The van der Waals surface area contributed by atoms with Gasteiger partial charge in [0.2, 0.25) is 0 Å². The van der Waals surface area contributed by atoms with Crippen molar-refractivity contribution in [1.82, 2.24) is 0 Å². The van der Waals surface area contributed by atoms with Crippen LogP contribution in [0.25, 0.3) is 0 Å². The lowest BCUT2D eigenvalue weighted by Gasteiger charge is -2.30. The standard InChI is InChI=1S/C13H14N2O3/c1-13(7-3-6-12(16)9-13)14-10-4-2-5-11(8-10)15(17)18/h2-8,14,16H,9H2,1H3. The van der Waals surface area contributed by atoms with E-state index in [0.717, 1.165) is 0 Å². The van der Waals surface area contributed by atoms with Gasteiger partial charge in [0.15, 0.2) is 0 Å². The molecule has 1 aromatic carbocycles. The van der Waals surface area contributed by atoms with Gasteiger partial charge in [-0.05, 0) is 19.1 Å². The molecule has 0 fully saturated rings. The molecule has 1 unspecified atom stereocenters. The van der Waals surface area contributed by atoms with Crippen molar-refractivity contribution >= 4 is 11.4 Å². The first-order valence-corrected chi connectivity index (χ1v) is 5.58. The number of nitrogens with zero attached hydrogens (tertiary/aromatic N) is 1. The smallest absolute Gasteiger partial charge is 0.271 e. The molecule has 5 nitrogen and oxygen atoms in total. The number of anilines is 1. The van der Waals surface area contributed by atoms with Crippen molar-refractivity contribution < 1.29 is 10.0 Å². The van der Waals surface area contributed by atoms with E-state index in [1.54, 1.807) is 24.3 Å². The fourth-order valence-electron chi connectivity index (χ4n) is 1.98. The predicted octanol–water partition coefficient (Wildman–Crippen LogP) is 3.17. The van der Waals surface area contributed by atoms with Crippen LogP contribution >= 0.6 is 0 Å². The Morgan fingerprint density at radius 2 is 2.28 bits per heavy atom. The fraction of sp³-hybridized carbons (Fsp3) is 0.231. The number of nitro groups is 1. The summed E-state index contributed by atoms with van der Waals surface area (Å²) < 4.78 is 0. The number of nitro benzene ring substituents is 1. The summed E-state index contributed by atoms with van der Waals surface area (Å²) in [6.07, 6.45) is 5.78. The number of hydrogen-bond acceptors (Lipinski definition) is 4. The maximum absolute atomic E-state index is 10.7. The van der Waals surface area contributed by atoms with Gasteiger partial charge in [-0.2, -0.15) is 0 Å². The highest BCUT2D eigenvalue weighted by Gasteiger charge is 2.24. The van der Waals surface area contributed by atoms with Gasteiger partial charge in [0.1, 0.15) is 0 Å². The second-order valence-electron chi connectivity index (χ2n) is 4.54. The van der Waals surface area contributed by atoms with Crippen LogP contribution < -0.4 is 5.32 Å². The molecule has 1 aliphatic carbocycles. The molecule has 0 saturated heterocycles. The molecule has 0 aliphatic heterocycles. The Labute approximate surface area is 105 Å². The third-order valence-corrected chi connectivity index (χ3v) is 2.79. The zero-order valence-electron chi connectivity index (χ0n) is 9.96. The number of non-ortho nitro benzene ring substituents is 1. The van der Waals surface area contributed by atoms with Crippen LogP contribution in [0.4, 0.5) is 11.4 Å². The van der Waals surface area contributed by atoms with Crippen LogP contribution in [0.15, 0.2) is 48.3 Å². The molecule has 0 saturated carbocycles. The van der Waals surface area contributed by atoms with Crippen molar-refractivity contribution in [2.45, 2.75) is 18.9 Å². The van der Waals surface area contributed by atoms with Crippen molar-refractivity contribution in [2.24, 2.45) is 0 Å². The van der Waals surface area contributed by atoms with Gasteiger partial charge < -0.3 is 10.4 Å². The molecule has 0 radical (unpaired) electrons. The molecule has 1 aromatic rings. The number of aliphatic hydroxyl groups excluding tert-OH is 1. The summed E-state index contributed by atoms with van der Waals surface area (Å²) in [5.74, 6) is 0.290. The van der Waals surface area contributed by atoms with E-state index >= 15 is 0 Å². The van der Waals surface area contributed by atoms with E-state index in [-0.39, 0.29) is 11.4 Å². The van der Waals surface area contributed by atoms with E-state index in [9.17, 15) is 15.2 Å². The van der Waals surface area contributed by atoms with Gasteiger partial charge in [-0.1, -0.05) is 18.2 Å². The second-order valence-corrected chi connectivity index (χ2v) is 4.54. The van der Waals surface area contributed by atoms with Gasteiger partial charge in [-0.15, -0.1) is 0 Å². The summed E-state index contributed by atoms with van der Waals surface area (Å²) in [4.78, 5) is 10.3. The first-order valence-electron chi connectivity index (χ1n) is 5.58. The Bertz CT molecular complexity index is 537. The van der Waals surface area contributed by atoms with Crippen LogP contribution in [-0.2, 0) is 0 Å². The van der Waals surface area contributed by atoms with E-state index in [1.807, 2.05) is 13.0 Å². The van der Waals surface area contributed by atoms with Crippen LogP contribution in [0.5, 0.6) is 0 Å². The van der Waals surface area contributed by atoms with E-state index < -0.39 is 10.5 Å². The minimum absolute atomic E-state index is 0.0446. The Morgan fingerprint density at radius 3 is 2.94 bits per heavy atom. The molecule has 0 aromatic heterocycles. The van der Waals surface area contributed by atoms with E-state index in [0.29, 0.717) is 12.1 Å². The first-order chi connectivity index (χ1) is 8.48. The molecule has 2 rings (SSSR count). The van der Waals surface area contributed by atoms with Crippen molar-refractivity contribution in [3.63, 3.8) is 0 Å². The first kappa shape index (κ1) is 12.2. The molecule has 94 valence electrons. The number of benzene rings is 1. The van der Waals surface area contributed by atoms with Crippen LogP contribution in [0, 0.1) is 10.1 Å². The average Bonchev–Trinajstić information content (AvgIpc) is 2.28. The molecular weight excluding hydrogens is 232 g/mol. The molecule has 0 heterocycles. The van der Waals surface area contributed by atoms with Gasteiger partial charge in [-0.3, -0.25) is 10.1 Å². The van der Waals surface area contributed by atoms with Crippen LogP contribution in [0.2, 0.25) is 0 Å². The average molecular weight is 246 g/mol. The predicted molar refractivity (Wildman–Crippen MR) is 69.6 cm³/mol. The third-order valence-electron chi connectivity index (χ3n) is 2.79. The topological polar surface area (TPSA) is 75.4 Å². The summed E-state index contributed by atoms with van der Waals surface area (Å²) in [6.45, 7) is 1.92. The summed E-state index contributed by atoms with van der Waals surface area (Å²) in [7, 11) is 0. The number of hydrogen-bond donors (Lipinski definition) is 2. The maximum atomic E-state index is 10.7. The Hall–Kier alpha value is -2.30. The molecule has 2 N–H and O–H groups in total. The number of allylic oxidation sites excluding steroid dienone is 2. The Morgan fingerprint density at radius 1 is 1.50 bits per heavy atom. The zero-order valence-corrected chi connectivity index (χ0v) is 9.96. The highest BCUT2D eigenvalue weighted by atomic mass is 16.6. The van der Waals surface area contributed by atoms with E-state index in [4.69, 9.17) is 0 Å². The molecule has 5 heteroatoms. The molecular formula is C13H14N2O3. The molecule has 0 bridgehead atoms. The highest BCUT2D eigenvalue weighted by Crippen LogP contribution is 2.27. The third kappa shape index (κ3) is 2.68. The van der Waals surface area contributed by atoms with E-state index in [2.05, 4.69) is 5.32 Å². The quantitative estimate of drug-likeness (QED) is 0.634. The van der Waals surface area contributed by atoms with Gasteiger partial charge in [0.05, 0.1) is 16.2 Å². The van der Waals surface area contributed by atoms with E-state index in [1.165, 1.54) is 12.1 Å². The van der Waals surface area contributed by atoms with Crippen LogP contribution in [-0.4, -0.2) is 15.6 Å². The molecule has 0 amide bonds. The van der Waals surface area contributed by atoms with Gasteiger partial charge in [0.25, 0.3) is 5.69 Å². The molecule has 18 heavy (non-hydrogen) atoms. The van der Waals surface area contributed by atoms with Crippen LogP contribution in [0.3, 0.4) is 0 Å². The summed E-state index contributed by atoms with van der Waals surface area (Å²) in [5, 5.41) is 23.4. The molecule has 0 spiro atoms. The molecule has 1 atom stereocenters. The summed E-state index contributed by atoms with van der Waals surface area (Å²) in [5.41, 5.74) is 0.267. The second kappa shape index (κ2) is 4.52. The number of nitrogens with one attached hydrogen (secondary N) is 1. The highest BCUT2D eigenvalue weighted by molar-refractivity contribution is 5.54.